The predicted octanol–water partition coefficient (Wildman–Crippen LogP) is 3.46. The van der Waals surface area contributed by atoms with Gasteiger partial charge in [-0.05, 0) is 30.5 Å². The fourth-order valence-electron chi connectivity index (χ4n) is 2.95. The first kappa shape index (κ1) is 17.0. The zero-order valence-electron chi connectivity index (χ0n) is 12.9. The topological polar surface area (TPSA) is 49.3 Å². The summed E-state index contributed by atoms with van der Waals surface area (Å²) in [4.78, 5) is 8.72. The summed E-state index contributed by atoms with van der Waals surface area (Å²) in [7, 11) is 1.83. The van der Waals surface area contributed by atoms with Crippen LogP contribution in [0.15, 0.2) is 41.5 Å². The Kier molecular flexibility index (Phi) is 6.42. The van der Waals surface area contributed by atoms with Crippen molar-refractivity contribution in [2.24, 2.45) is 4.99 Å². The normalized spacial score (nSPS) is 15.6. The highest BCUT2D eigenvalue weighted by molar-refractivity contribution is 14.0. The molecule has 0 saturated heterocycles. The first-order valence-electron chi connectivity index (χ1n) is 7.66. The summed E-state index contributed by atoms with van der Waals surface area (Å²) < 4.78 is 0. The molecule has 1 aliphatic rings. The van der Waals surface area contributed by atoms with Crippen LogP contribution in [0.5, 0.6) is 0 Å². The number of hydrogen-bond acceptors (Lipinski definition) is 2. The minimum absolute atomic E-state index is 0. The van der Waals surface area contributed by atoms with Crippen molar-refractivity contribution in [3.63, 3.8) is 0 Å². The van der Waals surface area contributed by atoms with E-state index in [0.29, 0.717) is 6.04 Å². The molecule has 0 unspecified atom stereocenters. The van der Waals surface area contributed by atoms with Crippen molar-refractivity contribution in [1.82, 2.24) is 15.6 Å². The number of hydrogen-bond donors (Lipinski definition) is 2. The van der Waals surface area contributed by atoms with Gasteiger partial charge in [-0.3, -0.25) is 9.98 Å². The Morgan fingerprint density at radius 1 is 1.23 bits per heavy atom. The molecule has 0 radical (unpaired) electrons. The molecule has 0 spiro atoms. The molecule has 2 aromatic rings. The smallest absolute Gasteiger partial charge is 0.191 e. The van der Waals surface area contributed by atoms with E-state index in [1.54, 1.807) is 0 Å². The highest BCUT2D eigenvalue weighted by Gasteiger charge is 2.15. The van der Waals surface area contributed by atoms with E-state index in [2.05, 4.69) is 38.8 Å². The monoisotopic (exact) mass is 410 g/mol. The molecule has 5 heteroatoms. The summed E-state index contributed by atoms with van der Waals surface area (Å²) in [6, 6.07) is 10.9. The molecule has 1 fully saturated rings. The van der Waals surface area contributed by atoms with Crippen LogP contribution in [0.3, 0.4) is 0 Å². The van der Waals surface area contributed by atoms with Crippen LogP contribution in [0, 0.1) is 0 Å². The average Bonchev–Trinajstić information content (AvgIpc) is 3.04. The molecule has 1 heterocycles. The molecule has 1 aromatic heterocycles. The van der Waals surface area contributed by atoms with E-state index in [9.17, 15) is 0 Å². The molecule has 0 amide bonds. The maximum Gasteiger partial charge on any atom is 0.191 e. The Labute approximate surface area is 148 Å². The summed E-state index contributed by atoms with van der Waals surface area (Å²) >= 11 is 0. The van der Waals surface area contributed by atoms with E-state index in [0.717, 1.165) is 18.0 Å². The Bertz CT molecular complexity index is 630. The van der Waals surface area contributed by atoms with Crippen molar-refractivity contribution >= 4 is 40.8 Å². The number of benzene rings is 1. The third-order valence-corrected chi connectivity index (χ3v) is 4.11. The summed E-state index contributed by atoms with van der Waals surface area (Å²) in [5.74, 6) is 0.891. The van der Waals surface area contributed by atoms with Gasteiger partial charge in [-0.15, -0.1) is 24.0 Å². The van der Waals surface area contributed by atoms with Crippen molar-refractivity contribution in [1.29, 1.82) is 0 Å². The summed E-state index contributed by atoms with van der Waals surface area (Å²) in [5, 5.41) is 8.12. The first-order chi connectivity index (χ1) is 10.4. The van der Waals surface area contributed by atoms with Crippen molar-refractivity contribution in [2.45, 2.75) is 38.3 Å². The van der Waals surface area contributed by atoms with E-state index >= 15 is 0 Å². The Morgan fingerprint density at radius 2 is 2.00 bits per heavy atom. The fraction of sp³-hybridized carbons (Fsp3) is 0.412. The predicted molar refractivity (Wildman–Crippen MR) is 103 cm³/mol. The molecule has 2 N–H and O–H groups in total. The minimum atomic E-state index is 0. The molecule has 3 rings (SSSR count). The lowest BCUT2D eigenvalue weighted by molar-refractivity contribution is 0.613. The van der Waals surface area contributed by atoms with Crippen molar-refractivity contribution in [3.05, 3.63) is 42.1 Å². The van der Waals surface area contributed by atoms with Crippen LogP contribution in [0.2, 0.25) is 0 Å². The number of pyridine rings is 1. The largest absolute Gasteiger partial charge is 0.354 e. The number of nitrogens with one attached hydrogen (secondary N) is 2. The summed E-state index contributed by atoms with van der Waals surface area (Å²) in [6.07, 6.45) is 7.01. The maximum absolute atomic E-state index is 4.40. The van der Waals surface area contributed by atoms with Gasteiger partial charge in [0.25, 0.3) is 0 Å². The number of guanidine groups is 1. The van der Waals surface area contributed by atoms with E-state index in [1.807, 2.05) is 25.4 Å². The standard InChI is InChI=1S/C17H22N4.HI/c1-18-17(21-14-6-2-3-7-14)20-12-13-10-11-19-16-9-5-4-8-15(13)16;/h4-5,8-11,14H,2-3,6-7,12H2,1H3,(H2,18,20,21);1H. The number of para-hydroxylation sites is 1. The van der Waals surface area contributed by atoms with E-state index in [1.165, 1.54) is 36.6 Å². The van der Waals surface area contributed by atoms with Gasteiger partial charge in [0.05, 0.1) is 5.52 Å². The molecule has 0 aliphatic heterocycles. The quantitative estimate of drug-likeness (QED) is 0.463. The number of aromatic nitrogens is 1. The van der Waals surface area contributed by atoms with Gasteiger partial charge in [-0.2, -0.15) is 0 Å². The van der Waals surface area contributed by atoms with Crippen LogP contribution >= 0.6 is 24.0 Å². The van der Waals surface area contributed by atoms with Gasteiger partial charge < -0.3 is 10.6 Å². The molecule has 1 aromatic carbocycles. The lowest BCUT2D eigenvalue weighted by atomic mass is 10.1. The van der Waals surface area contributed by atoms with Crippen LogP contribution in [0.1, 0.15) is 31.2 Å². The third kappa shape index (κ3) is 4.09. The molecule has 1 aliphatic carbocycles. The lowest BCUT2D eigenvalue weighted by Gasteiger charge is -2.17. The highest BCUT2D eigenvalue weighted by atomic mass is 127. The summed E-state index contributed by atoms with van der Waals surface area (Å²) in [5.41, 5.74) is 2.28. The zero-order chi connectivity index (χ0) is 14.5. The van der Waals surface area contributed by atoms with Crippen LogP contribution in [-0.4, -0.2) is 24.0 Å². The van der Waals surface area contributed by atoms with E-state index < -0.39 is 0 Å². The Balaban J connectivity index is 0.00000176. The number of rotatable bonds is 3. The Morgan fingerprint density at radius 3 is 2.77 bits per heavy atom. The minimum Gasteiger partial charge on any atom is -0.354 e. The molecule has 118 valence electrons. The lowest BCUT2D eigenvalue weighted by Crippen LogP contribution is -2.41. The van der Waals surface area contributed by atoms with E-state index in [4.69, 9.17) is 0 Å². The summed E-state index contributed by atoms with van der Waals surface area (Å²) in [6.45, 7) is 0.759. The Hall–Kier alpha value is -1.37. The second-order valence-corrected chi connectivity index (χ2v) is 5.54. The van der Waals surface area contributed by atoms with Gasteiger partial charge in [-0.1, -0.05) is 31.0 Å². The van der Waals surface area contributed by atoms with Gasteiger partial charge >= 0.3 is 0 Å². The third-order valence-electron chi connectivity index (χ3n) is 4.11. The van der Waals surface area contributed by atoms with Crippen LogP contribution in [0.25, 0.3) is 10.9 Å². The van der Waals surface area contributed by atoms with Gasteiger partial charge in [0.1, 0.15) is 0 Å². The number of aliphatic imine (C=N–C) groups is 1. The molecular weight excluding hydrogens is 387 g/mol. The van der Waals surface area contributed by atoms with Crippen molar-refractivity contribution < 1.29 is 0 Å². The highest BCUT2D eigenvalue weighted by Crippen LogP contribution is 2.18. The van der Waals surface area contributed by atoms with Crippen LogP contribution in [0.4, 0.5) is 0 Å². The molecule has 4 nitrogen and oxygen atoms in total. The average molecular weight is 410 g/mol. The van der Waals surface area contributed by atoms with Crippen LogP contribution < -0.4 is 10.6 Å². The van der Waals surface area contributed by atoms with Crippen molar-refractivity contribution in [2.75, 3.05) is 7.05 Å². The van der Waals surface area contributed by atoms with Gasteiger partial charge in [0.15, 0.2) is 5.96 Å². The molecule has 22 heavy (non-hydrogen) atoms. The fourth-order valence-corrected chi connectivity index (χ4v) is 2.95. The number of halogens is 1. The SMILES string of the molecule is CN=C(NCc1ccnc2ccccc12)NC1CCCC1.I. The van der Waals surface area contributed by atoms with E-state index in [-0.39, 0.29) is 24.0 Å². The zero-order valence-corrected chi connectivity index (χ0v) is 15.2. The number of nitrogens with zero attached hydrogens (tertiary/aromatic N) is 2. The van der Waals surface area contributed by atoms with Gasteiger partial charge in [0, 0.05) is 31.2 Å². The van der Waals surface area contributed by atoms with Crippen molar-refractivity contribution in [3.8, 4) is 0 Å². The second kappa shape index (κ2) is 8.31. The van der Waals surface area contributed by atoms with Crippen LogP contribution in [-0.2, 0) is 6.54 Å². The molecule has 0 atom stereocenters. The van der Waals surface area contributed by atoms with Gasteiger partial charge in [0.2, 0.25) is 0 Å². The number of fused-ring (bicyclic) bond motifs is 1. The molecule has 0 bridgehead atoms. The molecule has 1 saturated carbocycles. The second-order valence-electron chi connectivity index (χ2n) is 5.54. The maximum atomic E-state index is 4.40. The first-order valence-corrected chi connectivity index (χ1v) is 7.66. The molecular formula is C17H23IN4. The van der Waals surface area contributed by atoms with Gasteiger partial charge in [-0.25, -0.2) is 0 Å².